The first-order valence-electron chi connectivity index (χ1n) is 7.55. The molecule has 136 valence electrons. The Kier molecular flexibility index (Phi) is 4.49. The molecule has 0 amide bonds. The fourth-order valence-electron chi connectivity index (χ4n) is 2.30. The quantitative estimate of drug-likeness (QED) is 0.701. The molecule has 3 rings (SSSR count). The van der Waals surface area contributed by atoms with Crippen molar-refractivity contribution >= 4 is 28.6 Å². The first kappa shape index (κ1) is 17.6. The van der Waals surface area contributed by atoms with E-state index in [0.717, 1.165) is 12.1 Å². The van der Waals surface area contributed by atoms with Crippen LogP contribution in [0, 0.1) is 6.92 Å². The van der Waals surface area contributed by atoms with E-state index in [0.29, 0.717) is 5.82 Å². The van der Waals surface area contributed by atoms with Crippen molar-refractivity contribution in [1.29, 1.82) is 0 Å². The van der Waals surface area contributed by atoms with Gasteiger partial charge in [0.05, 0.1) is 12.2 Å². The predicted molar refractivity (Wildman–Crippen MR) is 85.0 cm³/mol. The van der Waals surface area contributed by atoms with Crippen LogP contribution in [0.4, 0.5) is 24.7 Å². The largest absolute Gasteiger partial charge is 0.461 e. The highest BCUT2D eigenvalue weighted by atomic mass is 19.4. The molecule has 0 bridgehead atoms. The van der Waals surface area contributed by atoms with Gasteiger partial charge < -0.3 is 14.6 Å². The third-order valence-electron chi connectivity index (χ3n) is 3.37. The van der Waals surface area contributed by atoms with Gasteiger partial charge in [0.2, 0.25) is 5.69 Å². The van der Waals surface area contributed by atoms with E-state index < -0.39 is 17.7 Å². The van der Waals surface area contributed by atoms with Crippen LogP contribution in [0.5, 0.6) is 0 Å². The molecule has 3 aromatic rings. The summed E-state index contributed by atoms with van der Waals surface area (Å²) in [6, 6.07) is 4.59. The fraction of sp³-hybridized carbons (Fsp3) is 0.250. The van der Waals surface area contributed by atoms with E-state index in [2.05, 4.69) is 20.4 Å². The summed E-state index contributed by atoms with van der Waals surface area (Å²) >= 11 is 0. The van der Waals surface area contributed by atoms with E-state index in [1.807, 2.05) is 0 Å². The second-order valence-corrected chi connectivity index (χ2v) is 5.25. The highest BCUT2D eigenvalue weighted by Gasteiger charge is 2.30. The highest BCUT2D eigenvalue weighted by Crippen LogP contribution is 2.32. The number of aromatic nitrogens is 3. The summed E-state index contributed by atoms with van der Waals surface area (Å²) < 4.78 is 48.6. The fourth-order valence-corrected chi connectivity index (χ4v) is 2.30. The van der Waals surface area contributed by atoms with Crippen LogP contribution in [0.2, 0.25) is 0 Å². The van der Waals surface area contributed by atoms with Gasteiger partial charge in [-0.2, -0.15) is 18.2 Å². The number of carbonyl (C=O) groups is 1. The van der Waals surface area contributed by atoms with Gasteiger partial charge in [0.25, 0.3) is 5.71 Å². The molecule has 0 spiro atoms. The molecule has 2 aromatic heterocycles. The molecule has 0 radical (unpaired) electrons. The number of rotatable bonds is 4. The molecule has 0 saturated carbocycles. The van der Waals surface area contributed by atoms with Gasteiger partial charge in [-0.1, -0.05) is 11.2 Å². The number of alkyl halides is 3. The van der Waals surface area contributed by atoms with E-state index in [4.69, 9.17) is 9.26 Å². The number of nitrogens with one attached hydrogen (secondary N) is 1. The maximum Gasteiger partial charge on any atom is 0.416 e. The summed E-state index contributed by atoms with van der Waals surface area (Å²) in [6.07, 6.45) is -4.48. The number of nitrogens with zero attached hydrogens (tertiary/aromatic N) is 3. The SMILES string of the molecule is CCOC(=O)c1noc2nc(C)nc(Nc3cccc(C(F)(F)F)c3)c12. The summed E-state index contributed by atoms with van der Waals surface area (Å²) in [4.78, 5) is 20.2. The maximum atomic E-state index is 12.9. The summed E-state index contributed by atoms with van der Waals surface area (Å²) in [7, 11) is 0. The zero-order chi connectivity index (χ0) is 18.9. The third kappa shape index (κ3) is 3.44. The lowest BCUT2D eigenvalue weighted by atomic mass is 10.2. The second-order valence-electron chi connectivity index (χ2n) is 5.25. The molecule has 0 fully saturated rings. The monoisotopic (exact) mass is 366 g/mol. The minimum Gasteiger partial charge on any atom is -0.461 e. The van der Waals surface area contributed by atoms with E-state index in [-0.39, 0.29) is 34.9 Å². The van der Waals surface area contributed by atoms with Crippen molar-refractivity contribution in [2.45, 2.75) is 20.0 Å². The Morgan fingerprint density at radius 2 is 2.08 bits per heavy atom. The number of carbonyl (C=O) groups excluding carboxylic acids is 1. The highest BCUT2D eigenvalue weighted by molar-refractivity contribution is 6.05. The van der Waals surface area contributed by atoms with Crippen LogP contribution in [0.3, 0.4) is 0 Å². The Balaban J connectivity index is 2.07. The zero-order valence-electron chi connectivity index (χ0n) is 13.7. The van der Waals surface area contributed by atoms with Gasteiger partial charge in [0.1, 0.15) is 17.0 Å². The number of esters is 1. The van der Waals surface area contributed by atoms with E-state index >= 15 is 0 Å². The molecule has 26 heavy (non-hydrogen) atoms. The molecular formula is C16H13F3N4O3. The molecule has 0 aliphatic heterocycles. The van der Waals surface area contributed by atoms with Crippen LogP contribution in [0.1, 0.15) is 28.8 Å². The smallest absolute Gasteiger partial charge is 0.416 e. The van der Waals surface area contributed by atoms with Gasteiger partial charge in [-0.25, -0.2) is 9.78 Å². The molecular weight excluding hydrogens is 353 g/mol. The van der Waals surface area contributed by atoms with Gasteiger partial charge in [-0.15, -0.1) is 0 Å². The molecule has 7 nitrogen and oxygen atoms in total. The van der Waals surface area contributed by atoms with E-state index in [1.165, 1.54) is 12.1 Å². The van der Waals surface area contributed by atoms with Crippen molar-refractivity contribution in [1.82, 2.24) is 15.1 Å². The third-order valence-corrected chi connectivity index (χ3v) is 3.37. The Labute approximate surface area is 145 Å². The molecule has 0 unspecified atom stereocenters. The Morgan fingerprint density at radius 1 is 1.31 bits per heavy atom. The average molecular weight is 366 g/mol. The molecule has 0 saturated heterocycles. The number of hydrogen-bond acceptors (Lipinski definition) is 7. The van der Waals surface area contributed by atoms with Crippen molar-refractivity contribution in [2.75, 3.05) is 11.9 Å². The van der Waals surface area contributed by atoms with E-state index in [1.54, 1.807) is 13.8 Å². The summed E-state index contributed by atoms with van der Waals surface area (Å²) in [5, 5.41) is 6.54. The molecule has 0 aliphatic rings. The number of aryl methyl sites for hydroxylation is 1. The second kappa shape index (κ2) is 6.62. The average Bonchev–Trinajstić information content (AvgIpc) is 2.98. The molecule has 0 aliphatic carbocycles. The molecule has 1 N–H and O–H groups in total. The standard InChI is InChI=1S/C16H13F3N4O3/c1-3-25-15(24)12-11-13(20-8(2)21-14(11)26-23-12)22-10-6-4-5-9(7-10)16(17,18)19/h4-7H,3H2,1-2H3,(H,20,21,22). The number of hydrogen-bond donors (Lipinski definition) is 1. The lowest BCUT2D eigenvalue weighted by molar-refractivity contribution is -0.137. The van der Waals surface area contributed by atoms with Crippen molar-refractivity contribution in [2.24, 2.45) is 0 Å². The maximum absolute atomic E-state index is 12.9. The van der Waals surface area contributed by atoms with Gasteiger partial charge in [-0.3, -0.25) is 0 Å². The lowest BCUT2D eigenvalue weighted by Crippen LogP contribution is -2.08. The normalized spacial score (nSPS) is 11.6. The first-order valence-corrected chi connectivity index (χ1v) is 7.55. The van der Waals surface area contributed by atoms with Crippen molar-refractivity contribution < 1.29 is 27.2 Å². The van der Waals surface area contributed by atoms with Gasteiger partial charge in [-0.05, 0) is 32.0 Å². The van der Waals surface area contributed by atoms with Crippen LogP contribution in [-0.4, -0.2) is 27.7 Å². The van der Waals surface area contributed by atoms with E-state index in [9.17, 15) is 18.0 Å². The topological polar surface area (TPSA) is 90.1 Å². The lowest BCUT2D eigenvalue weighted by Gasteiger charge is -2.11. The first-order chi connectivity index (χ1) is 12.3. The van der Waals surface area contributed by atoms with Crippen molar-refractivity contribution in [3.63, 3.8) is 0 Å². The Bertz CT molecular complexity index is 969. The van der Waals surface area contributed by atoms with Crippen molar-refractivity contribution in [3.8, 4) is 0 Å². The molecule has 0 atom stereocenters. The van der Waals surface area contributed by atoms with Crippen LogP contribution in [0.15, 0.2) is 28.8 Å². The van der Waals surface area contributed by atoms with Crippen LogP contribution in [0.25, 0.3) is 11.1 Å². The predicted octanol–water partition coefficient (Wildman–Crippen LogP) is 3.87. The number of fused-ring (bicyclic) bond motifs is 1. The van der Waals surface area contributed by atoms with Crippen LogP contribution in [-0.2, 0) is 10.9 Å². The Hall–Kier alpha value is -3.17. The number of halogens is 3. The molecule has 2 heterocycles. The van der Waals surface area contributed by atoms with Crippen LogP contribution < -0.4 is 5.32 Å². The molecule has 10 heteroatoms. The van der Waals surface area contributed by atoms with Gasteiger partial charge in [0, 0.05) is 5.69 Å². The van der Waals surface area contributed by atoms with Gasteiger partial charge >= 0.3 is 12.1 Å². The number of benzene rings is 1. The number of ether oxygens (including phenoxy) is 1. The minimum atomic E-state index is -4.48. The summed E-state index contributed by atoms with van der Waals surface area (Å²) in [5.41, 5.74) is -0.818. The van der Waals surface area contributed by atoms with Crippen molar-refractivity contribution in [3.05, 3.63) is 41.3 Å². The minimum absolute atomic E-state index is 0.0232. The summed E-state index contributed by atoms with van der Waals surface area (Å²) in [5.74, 6) is -0.361. The van der Waals surface area contributed by atoms with Crippen LogP contribution >= 0.6 is 0 Å². The van der Waals surface area contributed by atoms with Gasteiger partial charge in [0.15, 0.2) is 0 Å². The Morgan fingerprint density at radius 3 is 2.77 bits per heavy atom. The zero-order valence-corrected chi connectivity index (χ0v) is 13.7. The summed E-state index contributed by atoms with van der Waals surface area (Å²) in [6.45, 7) is 3.32. The number of anilines is 2. The molecule has 1 aromatic carbocycles.